The Kier molecular flexibility index (Phi) is 6.12. The zero-order chi connectivity index (χ0) is 28.8. The Morgan fingerprint density at radius 2 is 1.02 bits per heavy atom. The Balaban J connectivity index is 1.37. The third-order valence-electron chi connectivity index (χ3n) is 8.60. The molecule has 1 heterocycles. The summed E-state index contributed by atoms with van der Waals surface area (Å²) < 4.78 is 0. The summed E-state index contributed by atoms with van der Waals surface area (Å²) in [5.41, 5.74) is 8.26. The van der Waals surface area contributed by atoms with Crippen LogP contribution >= 0.6 is 0 Å². The topological polar surface area (TPSA) is 15.6 Å². The zero-order valence-corrected chi connectivity index (χ0v) is 24.0. The number of rotatable bonds is 4. The van der Waals surface area contributed by atoms with Crippen molar-refractivity contribution < 1.29 is 0 Å². The monoisotopic (exact) mass is 550 g/mol. The van der Waals surface area contributed by atoms with Crippen LogP contribution in [0, 0.1) is 0 Å². The fourth-order valence-electron chi connectivity index (χ4n) is 6.52. The van der Waals surface area contributed by atoms with E-state index in [1.807, 2.05) is 0 Å². The number of hydrogen-bond acceptors (Lipinski definition) is 2. The van der Waals surface area contributed by atoms with E-state index in [0.717, 1.165) is 29.2 Å². The van der Waals surface area contributed by atoms with Gasteiger partial charge in [0.1, 0.15) is 5.84 Å². The van der Waals surface area contributed by atoms with E-state index >= 15 is 0 Å². The third kappa shape index (κ3) is 4.40. The molecule has 2 nitrogen and oxygen atoms in total. The summed E-state index contributed by atoms with van der Waals surface area (Å²) in [6, 6.07) is 52.4. The van der Waals surface area contributed by atoms with Crippen LogP contribution in [0.5, 0.6) is 0 Å². The maximum Gasteiger partial charge on any atom is 0.136 e. The molecule has 204 valence electrons. The molecule has 0 saturated heterocycles. The quantitative estimate of drug-likeness (QED) is 0.199. The first-order valence-corrected chi connectivity index (χ1v) is 14.8. The minimum Gasteiger partial charge on any atom is -0.355 e. The van der Waals surface area contributed by atoms with Gasteiger partial charge in [0.25, 0.3) is 0 Å². The second kappa shape index (κ2) is 10.4. The van der Waals surface area contributed by atoms with Crippen molar-refractivity contribution >= 4 is 43.9 Å². The molecule has 0 atom stereocenters. The van der Waals surface area contributed by atoms with Crippen LogP contribution in [-0.2, 0) is 0 Å². The van der Waals surface area contributed by atoms with E-state index in [1.165, 1.54) is 54.6 Å². The van der Waals surface area contributed by atoms with Crippen LogP contribution in [0.1, 0.15) is 11.1 Å². The van der Waals surface area contributed by atoms with E-state index in [1.54, 1.807) is 0 Å². The maximum absolute atomic E-state index is 5.27. The number of hydrogen-bond donors (Lipinski definition) is 0. The molecule has 0 aromatic heterocycles. The molecule has 1 aliphatic rings. The fourth-order valence-corrected chi connectivity index (χ4v) is 6.52. The lowest BCUT2D eigenvalue weighted by atomic mass is 9.85. The summed E-state index contributed by atoms with van der Waals surface area (Å²) in [4.78, 5) is 7.51. The van der Waals surface area contributed by atoms with Gasteiger partial charge in [-0.15, -0.1) is 0 Å². The third-order valence-corrected chi connectivity index (χ3v) is 8.60. The van der Waals surface area contributed by atoms with Crippen LogP contribution in [0.4, 0.5) is 0 Å². The largest absolute Gasteiger partial charge is 0.355 e. The lowest BCUT2D eigenvalue weighted by Crippen LogP contribution is -2.30. The average Bonchev–Trinajstić information content (AvgIpc) is 3.07. The summed E-state index contributed by atoms with van der Waals surface area (Å²) in [6.07, 6.45) is 2.23. The van der Waals surface area contributed by atoms with E-state index in [4.69, 9.17) is 4.99 Å². The van der Waals surface area contributed by atoms with Gasteiger partial charge < -0.3 is 4.90 Å². The molecule has 2 heteroatoms. The Morgan fingerprint density at radius 3 is 1.72 bits per heavy atom. The highest BCUT2D eigenvalue weighted by Gasteiger charge is 2.20. The number of nitrogens with zero attached hydrogens (tertiary/aromatic N) is 2. The van der Waals surface area contributed by atoms with Gasteiger partial charge in [0, 0.05) is 24.7 Å². The molecule has 0 radical (unpaired) electrons. The molecule has 7 aromatic carbocycles. The number of fused-ring (bicyclic) bond motifs is 3. The van der Waals surface area contributed by atoms with Gasteiger partial charge in [-0.05, 0) is 72.8 Å². The summed E-state index contributed by atoms with van der Waals surface area (Å²) in [7, 11) is 2.13. The number of aliphatic imine (C=N–C) groups is 1. The van der Waals surface area contributed by atoms with Crippen LogP contribution < -0.4 is 0 Å². The molecule has 0 aliphatic carbocycles. The van der Waals surface area contributed by atoms with Crippen LogP contribution in [0.25, 0.3) is 60.3 Å². The highest BCUT2D eigenvalue weighted by atomic mass is 15.2. The van der Waals surface area contributed by atoms with Crippen molar-refractivity contribution in [1.29, 1.82) is 0 Å². The Labute approximate surface area is 251 Å². The first-order chi connectivity index (χ1) is 21.2. The van der Waals surface area contributed by atoms with Gasteiger partial charge in [-0.3, -0.25) is 0 Å². The number of likely N-dealkylation sites (N-methyl/N-ethyl adjacent to an activating group) is 1. The van der Waals surface area contributed by atoms with Crippen LogP contribution in [0.3, 0.4) is 0 Å². The highest BCUT2D eigenvalue weighted by Crippen LogP contribution is 2.44. The lowest BCUT2D eigenvalue weighted by molar-refractivity contribution is 0.559. The Hall–Kier alpha value is -5.47. The van der Waals surface area contributed by atoms with E-state index < -0.39 is 0 Å². The van der Waals surface area contributed by atoms with Crippen molar-refractivity contribution in [3.8, 4) is 22.3 Å². The van der Waals surface area contributed by atoms with E-state index in [9.17, 15) is 0 Å². The second-order valence-corrected chi connectivity index (χ2v) is 11.3. The summed E-state index contributed by atoms with van der Waals surface area (Å²) in [6.45, 7) is 0.803. The SMILES string of the molecule is CN1CC=C(c2ccc3ccccc3c2)N=C1c1ccc2c(-c3ccccc3)c3ccccc3c(-c3ccccc3)c2c1. The van der Waals surface area contributed by atoms with E-state index in [2.05, 4.69) is 164 Å². The number of benzene rings is 7. The highest BCUT2D eigenvalue weighted by molar-refractivity contribution is 6.22. The van der Waals surface area contributed by atoms with E-state index in [-0.39, 0.29) is 0 Å². The molecule has 43 heavy (non-hydrogen) atoms. The molecular weight excluding hydrogens is 520 g/mol. The minimum atomic E-state index is 0.803. The molecule has 0 spiro atoms. The second-order valence-electron chi connectivity index (χ2n) is 11.3. The van der Waals surface area contributed by atoms with Crippen molar-refractivity contribution in [1.82, 2.24) is 4.90 Å². The van der Waals surface area contributed by atoms with Gasteiger partial charge in [0.05, 0.1) is 5.70 Å². The lowest BCUT2D eigenvalue weighted by Gasteiger charge is -2.26. The molecule has 8 rings (SSSR count). The number of amidine groups is 1. The van der Waals surface area contributed by atoms with Gasteiger partial charge in [-0.1, -0.05) is 133 Å². The molecule has 0 bridgehead atoms. The predicted molar refractivity (Wildman–Crippen MR) is 183 cm³/mol. The molecular formula is C41H30N2. The van der Waals surface area contributed by atoms with Gasteiger partial charge in [0.2, 0.25) is 0 Å². The minimum absolute atomic E-state index is 0.803. The van der Waals surface area contributed by atoms with Crippen molar-refractivity contribution in [2.24, 2.45) is 4.99 Å². The molecule has 7 aromatic rings. The summed E-state index contributed by atoms with van der Waals surface area (Å²) in [5.74, 6) is 0.987. The smallest absolute Gasteiger partial charge is 0.136 e. The molecule has 0 N–H and O–H groups in total. The normalized spacial score (nSPS) is 13.4. The van der Waals surface area contributed by atoms with Crippen LogP contribution in [0.2, 0.25) is 0 Å². The molecule has 1 aliphatic heterocycles. The molecule has 0 unspecified atom stereocenters. The van der Waals surface area contributed by atoms with Crippen molar-refractivity contribution in [3.63, 3.8) is 0 Å². The van der Waals surface area contributed by atoms with Gasteiger partial charge in [-0.25, -0.2) is 4.99 Å². The van der Waals surface area contributed by atoms with Gasteiger partial charge in [-0.2, -0.15) is 0 Å². The van der Waals surface area contributed by atoms with E-state index in [0.29, 0.717) is 0 Å². The predicted octanol–water partition coefficient (Wildman–Crippen LogP) is 10.2. The first-order valence-electron chi connectivity index (χ1n) is 14.8. The maximum atomic E-state index is 5.27. The summed E-state index contributed by atoms with van der Waals surface area (Å²) >= 11 is 0. The Morgan fingerprint density at radius 1 is 0.465 bits per heavy atom. The summed E-state index contributed by atoms with van der Waals surface area (Å²) in [5, 5.41) is 7.48. The standard InChI is InChI=1S/C41H30N2/c1-43-25-24-38(32-21-20-28-12-8-9-17-31(28)26-32)42-41(43)33-22-23-36-37(27-33)40(30-15-6-3-7-16-30)35-19-11-10-18-34(35)39(36)29-13-4-2-5-14-29/h2-24,26-27H,25H2,1H3. The zero-order valence-electron chi connectivity index (χ0n) is 24.0. The molecule has 0 fully saturated rings. The van der Waals surface area contributed by atoms with Crippen molar-refractivity contribution in [2.75, 3.05) is 13.6 Å². The fraction of sp³-hybridized carbons (Fsp3) is 0.0488. The molecule has 0 amide bonds. The van der Waals surface area contributed by atoms with Gasteiger partial charge >= 0.3 is 0 Å². The Bertz CT molecular complexity index is 2210. The average molecular weight is 551 g/mol. The van der Waals surface area contributed by atoms with Crippen LogP contribution in [-0.4, -0.2) is 24.3 Å². The van der Waals surface area contributed by atoms with Crippen molar-refractivity contribution in [3.05, 3.63) is 163 Å². The molecule has 0 saturated carbocycles. The van der Waals surface area contributed by atoms with Crippen LogP contribution in [0.15, 0.2) is 157 Å². The van der Waals surface area contributed by atoms with Crippen molar-refractivity contribution in [2.45, 2.75) is 0 Å². The first kappa shape index (κ1) is 25.3. The van der Waals surface area contributed by atoms with Gasteiger partial charge in [0.15, 0.2) is 0 Å².